The third-order valence-corrected chi connectivity index (χ3v) is 7.64. The zero-order valence-electron chi connectivity index (χ0n) is 14.3. The second kappa shape index (κ2) is 9.92. The molecule has 0 unspecified atom stereocenters. The van der Waals surface area contributed by atoms with Gasteiger partial charge in [-0.2, -0.15) is 0 Å². The SMILES string of the molecule is CC(=O)OC(=O)[CH2][Ti]([CH2]C(=O)OC(C)=O)([O]C(C)C)[O]C(C)C. The topological polar surface area (TPSA) is 105 Å². The van der Waals surface area contributed by atoms with Crippen molar-refractivity contribution in [1.29, 1.82) is 0 Å². The summed E-state index contributed by atoms with van der Waals surface area (Å²) in [6, 6.07) is 0. The molecule has 0 heterocycles. The van der Waals surface area contributed by atoms with Crippen molar-refractivity contribution in [3.8, 4) is 0 Å². The van der Waals surface area contributed by atoms with E-state index in [1.54, 1.807) is 27.7 Å². The fraction of sp³-hybridized carbons (Fsp3) is 0.714. The van der Waals surface area contributed by atoms with Crippen LogP contribution >= 0.6 is 0 Å². The van der Waals surface area contributed by atoms with Crippen LogP contribution in [-0.2, 0) is 52.7 Å². The van der Waals surface area contributed by atoms with Crippen molar-refractivity contribution < 1.29 is 52.7 Å². The molecule has 8 nitrogen and oxygen atoms in total. The van der Waals surface area contributed by atoms with Gasteiger partial charge in [-0.25, -0.2) is 0 Å². The molecule has 0 aliphatic carbocycles. The first-order chi connectivity index (χ1) is 10.5. The van der Waals surface area contributed by atoms with Crippen LogP contribution in [0, 0.1) is 0 Å². The monoisotopic (exact) mass is 368 g/mol. The van der Waals surface area contributed by atoms with Gasteiger partial charge >= 0.3 is 140 Å². The number of hydrogen-bond acceptors (Lipinski definition) is 8. The molecule has 0 amide bonds. The molecule has 0 aromatic carbocycles. The molecule has 0 aromatic rings. The van der Waals surface area contributed by atoms with Crippen LogP contribution in [0.5, 0.6) is 0 Å². The standard InChI is InChI=1S/2C4H5O3.2C3H7O.Ti/c2*1-3(5)7-4(2)6;2*1-3(2)4;/h2*1H2,2H3;2*3H,1-2H3;/q;;2*-1;+2. The molecule has 0 saturated carbocycles. The molecule has 0 aliphatic heterocycles. The minimum atomic E-state index is -4.04. The van der Waals surface area contributed by atoms with Crippen LogP contribution < -0.4 is 0 Å². The molecule has 0 aliphatic rings. The molecular weight excluding hydrogens is 344 g/mol. The number of hydrogen-bond donors (Lipinski definition) is 0. The van der Waals surface area contributed by atoms with Gasteiger partial charge in [0, 0.05) is 0 Å². The average Bonchev–Trinajstić information content (AvgIpc) is 2.21. The molecule has 132 valence electrons. The van der Waals surface area contributed by atoms with E-state index < -0.39 is 41.2 Å². The molecule has 0 aromatic heterocycles. The Morgan fingerprint density at radius 3 is 1.26 bits per heavy atom. The van der Waals surface area contributed by atoms with E-state index in [9.17, 15) is 19.2 Å². The van der Waals surface area contributed by atoms with Crippen LogP contribution in [0.3, 0.4) is 0 Å². The summed E-state index contributed by atoms with van der Waals surface area (Å²) in [6.45, 7) is 9.13. The van der Waals surface area contributed by atoms with E-state index in [0.29, 0.717) is 0 Å². The van der Waals surface area contributed by atoms with Gasteiger partial charge in [-0.05, 0) is 0 Å². The van der Waals surface area contributed by atoms with Gasteiger partial charge in [-0.1, -0.05) is 0 Å². The number of carbonyl (C=O) groups excluding carboxylic acids is 4. The van der Waals surface area contributed by atoms with E-state index in [-0.39, 0.29) is 21.7 Å². The molecule has 9 heteroatoms. The minimum absolute atomic E-state index is 0.316. The summed E-state index contributed by atoms with van der Waals surface area (Å²) < 4.78 is 20.0. The van der Waals surface area contributed by atoms with Crippen LogP contribution in [0.25, 0.3) is 0 Å². The summed E-state index contributed by atoms with van der Waals surface area (Å²) in [6.07, 6.45) is -0.631. The zero-order valence-corrected chi connectivity index (χ0v) is 15.9. The van der Waals surface area contributed by atoms with Crippen molar-refractivity contribution in [2.24, 2.45) is 0 Å². The fourth-order valence-electron chi connectivity index (χ4n) is 1.95. The Morgan fingerprint density at radius 1 is 0.739 bits per heavy atom. The number of carbonyl (C=O) groups is 4. The van der Waals surface area contributed by atoms with Crippen LogP contribution in [-0.4, -0.2) is 36.1 Å². The van der Waals surface area contributed by atoms with E-state index >= 15 is 0 Å². The molecule has 0 spiro atoms. The summed E-state index contributed by atoms with van der Waals surface area (Å²) in [7, 11) is 0. The average molecular weight is 368 g/mol. The van der Waals surface area contributed by atoms with Crippen molar-refractivity contribution in [3.05, 3.63) is 0 Å². The normalized spacial score (nSPS) is 11.5. The first-order valence-corrected chi connectivity index (χ1v) is 10.7. The summed E-state index contributed by atoms with van der Waals surface area (Å²) in [5.41, 5.74) is 0. The van der Waals surface area contributed by atoms with Gasteiger partial charge in [0.2, 0.25) is 0 Å². The molecule has 0 N–H and O–H groups in total. The van der Waals surface area contributed by atoms with E-state index in [1.807, 2.05) is 0 Å². The van der Waals surface area contributed by atoms with Crippen molar-refractivity contribution in [2.75, 3.05) is 0 Å². The molecule has 0 rings (SSSR count). The maximum atomic E-state index is 11.9. The van der Waals surface area contributed by atoms with E-state index in [2.05, 4.69) is 9.47 Å². The van der Waals surface area contributed by atoms with Gasteiger partial charge in [0.15, 0.2) is 0 Å². The number of ether oxygens (including phenoxy) is 2. The second-order valence-corrected chi connectivity index (χ2v) is 10.2. The Bertz CT molecular complexity index is 416. The molecule has 23 heavy (non-hydrogen) atoms. The van der Waals surface area contributed by atoms with Crippen LogP contribution in [0.1, 0.15) is 41.5 Å². The van der Waals surface area contributed by atoms with E-state index in [1.165, 1.54) is 0 Å². The molecule has 0 atom stereocenters. The summed E-state index contributed by atoms with van der Waals surface area (Å²) in [5.74, 6) is -3.16. The van der Waals surface area contributed by atoms with Gasteiger partial charge in [0.25, 0.3) is 0 Å². The Balaban J connectivity index is 5.38. The van der Waals surface area contributed by atoms with Crippen molar-refractivity contribution in [1.82, 2.24) is 0 Å². The first-order valence-electron chi connectivity index (χ1n) is 7.24. The molecule has 0 radical (unpaired) electrons. The van der Waals surface area contributed by atoms with Crippen LogP contribution in [0.15, 0.2) is 0 Å². The van der Waals surface area contributed by atoms with Crippen LogP contribution in [0.2, 0.25) is 9.45 Å². The van der Waals surface area contributed by atoms with E-state index in [4.69, 9.17) is 6.64 Å². The van der Waals surface area contributed by atoms with Crippen molar-refractivity contribution in [2.45, 2.75) is 63.2 Å². The third-order valence-electron chi connectivity index (χ3n) is 2.24. The first kappa shape index (κ1) is 21.9. The quantitative estimate of drug-likeness (QED) is 0.363. The number of rotatable bonds is 8. The summed E-state index contributed by atoms with van der Waals surface area (Å²) in [4.78, 5) is 45.5. The van der Waals surface area contributed by atoms with Gasteiger partial charge in [-0.15, -0.1) is 0 Å². The zero-order chi connectivity index (χ0) is 18.2. The predicted octanol–water partition coefficient (Wildman–Crippen LogP) is 1.84. The Labute approximate surface area is 140 Å². The second-order valence-electron chi connectivity index (χ2n) is 5.53. The maximum absolute atomic E-state index is 11.9. The fourth-order valence-corrected chi connectivity index (χ4v) is 7.03. The van der Waals surface area contributed by atoms with Crippen molar-refractivity contribution >= 4 is 23.9 Å². The van der Waals surface area contributed by atoms with Gasteiger partial charge in [-0.3, -0.25) is 0 Å². The number of esters is 4. The van der Waals surface area contributed by atoms with E-state index in [0.717, 1.165) is 13.8 Å². The predicted molar refractivity (Wildman–Crippen MR) is 75.6 cm³/mol. The van der Waals surface area contributed by atoms with Gasteiger partial charge in [0.1, 0.15) is 0 Å². The Morgan fingerprint density at radius 2 is 1.04 bits per heavy atom. The Kier molecular flexibility index (Phi) is 9.45. The molecule has 0 fully saturated rings. The van der Waals surface area contributed by atoms with Gasteiger partial charge < -0.3 is 0 Å². The third kappa shape index (κ3) is 10.3. The summed E-state index contributed by atoms with van der Waals surface area (Å²) >= 11 is -4.04. The van der Waals surface area contributed by atoms with Crippen molar-refractivity contribution in [3.63, 3.8) is 0 Å². The molecule has 0 saturated heterocycles. The molecule has 0 bridgehead atoms. The Hall–Kier alpha value is -1.09. The van der Waals surface area contributed by atoms with Gasteiger partial charge in [0.05, 0.1) is 0 Å². The molecular formula is C14H24O8Ti. The van der Waals surface area contributed by atoms with Crippen LogP contribution in [0.4, 0.5) is 0 Å². The summed E-state index contributed by atoms with van der Waals surface area (Å²) in [5, 5.41) is 0.